The molecule has 0 aromatic rings. The third kappa shape index (κ3) is 47.4. The van der Waals surface area contributed by atoms with Gasteiger partial charge < -0.3 is 33.2 Å². The third-order valence-electron chi connectivity index (χ3n) is 14.3. The second-order valence-electron chi connectivity index (χ2n) is 21.7. The van der Waals surface area contributed by atoms with E-state index < -0.39 is 24.5 Å². The minimum atomic E-state index is -1.15. The van der Waals surface area contributed by atoms with Crippen LogP contribution in [0.3, 0.4) is 0 Å². The van der Waals surface area contributed by atoms with Crippen LogP contribution in [-0.4, -0.2) is 64.5 Å². The minimum absolute atomic E-state index is 0.0376. The van der Waals surface area contributed by atoms with E-state index in [1.165, 1.54) is 167 Å². The van der Waals surface area contributed by atoms with Gasteiger partial charge in [-0.3, -0.25) is 9.47 Å². The molecule has 0 aliphatic rings. The van der Waals surface area contributed by atoms with Gasteiger partial charge in [-0.15, -0.1) is 0 Å². The van der Waals surface area contributed by atoms with Crippen molar-refractivity contribution in [2.75, 3.05) is 40.0 Å². The highest BCUT2D eigenvalue weighted by molar-refractivity contribution is 4.66. The summed E-state index contributed by atoms with van der Waals surface area (Å²) < 4.78 is 60.9. The molecular formula is C64H130O9. The summed E-state index contributed by atoms with van der Waals surface area (Å²) >= 11 is 0. The molecule has 0 aromatic carbocycles. The van der Waals surface area contributed by atoms with E-state index in [0.29, 0.717) is 39.3 Å². The molecule has 0 fully saturated rings. The molecule has 2 atom stereocenters. The maximum Gasteiger partial charge on any atom is 0.285 e. The third-order valence-corrected chi connectivity index (χ3v) is 14.3. The molecule has 0 spiro atoms. The van der Waals surface area contributed by atoms with Crippen molar-refractivity contribution in [3.63, 3.8) is 0 Å². The fourth-order valence-corrected chi connectivity index (χ4v) is 9.47. The zero-order valence-electron chi connectivity index (χ0n) is 50.6. The molecule has 0 heterocycles. The maximum absolute atomic E-state index is 7.06. The Labute approximate surface area is 456 Å². The van der Waals surface area contributed by atoms with Gasteiger partial charge in [0.2, 0.25) is 0 Å². The van der Waals surface area contributed by atoms with Gasteiger partial charge in [0, 0.05) is 12.8 Å². The smallest absolute Gasteiger partial charge is 0.285 e. The molecule has 9 nitrogen and oxygen atoms in total. The van der Waals surface area contributed by atoms with E-state index in [1.807, 2.05) is 0 Å². The van der Waals surface area contributed by atoms with E-state index in [4.69, 9.17) is 42.6 Å². The Balaban J connectivity index is 6.51. The highest BCUT2D eigenvalue weighted by Gasteiger charge is 2.38. The SMILES string of the molecule is CCCCCCCCCC(OCOCOC(CCCCCCCCC)OC(CCCCCC)(OCCCCCCC)OCCCCCCC)OC(CCCCCC)(OCCCCCCC)OCCCCCCC. The normalized spacial score (nSPS) is 13.2. The molecule has 0 radical (unpaired) electrons. The average molecular weight is 1040 g/mol. The largest absolute Gasteiger partial charge is 0.329 e. The summed E-state index contributed by atoms with van der Waals surface area (Å²) in [7, 11) is 0. The van der Waals surface area contributed by atoms with Crippen LogP contribution in [0.1, 0.15) is 351 Å². The molecule has 0 N–H and O–H groups in total. The van der Waals surface area contributed by atoms with E-state index in [-0.39, 0.29) is 13.6 Å². The Morgan fingerprint density at radius 2 is 0.466 bits per heavy atom. The Morgan fingerprint density at radius 3 is 0.726 bits per heavy atom. The molecule has 0 saturated heterocycles. The van der Waals surface area contributed by atoms with Gasteiger partial charge in [0.15, 0.2) is 26.2 Å². The van der Waals surface area contributed by atoms with Crippen molar-refractivity contribution >= 4 is 0 Å². The Morgan fingerprint density at radius 1 is 0.247 bits per heavy atom. The molecule has 0 aliphatic carbocycles. The van der Waals surface area contributed by atoms with Crippen molar-refractivity contribution in [3.8, 4) is 0 Å². The molecule has 0 bridgehead atoms. The lowest BCUT2D eigenvalue weighted by molar-refractivity contribution is -0.432. The predicted octanol–water partition coefficient (Wildman–Crippen LogP) is 21.1. The zero-order chi connectivity index (χ0) is 53.3. The first-order valence-corrected chi connectivity index (χ1v) is 32.7. The van der Waals surface area contributed by atoms with Crippen LogP contribution in [0.25, 0.3) is 0 Å². The molecule has 2 unspecified atom stereocenters. The Kier molecular flexibility index (Phi) is 57.5. The first-order valence-electron chi connectivity index (χ1n) is 32.7. The van der Waals surface area contributed by atoms with Crippen molar-refractivity contribution in [1.29, 1.82) is 0 Å². The van der Waals surface area contributed by atoms with E-state index in [9.17, 15) is 0 Å². The lowest BCUT2D eigenvalue weighted by Gasteiger charge is -2.37. The van der Waals surface area contributed by atoms with Crippen molar-refractivity contribution in [3.05, 3.63) is 0 Å². The molecule has 73 heavy (non-hydrogen) atoms. The quantitative estimate of drug-likeness (QED) is 0.0437. The van der Waals surface area contributed by atoms with Gasteiger partial charge in [-0.25, -0.2) is 0 Å². The molecule has 0 rings (SSSR count). The molecular weight excluding hydrogens is 913 g/mol. The lowest BCUT2D eigenvalue weighted by atomic mass is 10.1. The number of hydrogen-bond acceptors (Lipinski definition) is 9. The first kappa shape index (κ1) is 72.6. The summed E-state index contributed by atoms with van der Waals surface area (Å²) in [5, 5.41) is 0. The summed E-state index contributed by atoms with van der Waals surface area (Å²) in [5.74, 6) is -2.29. The van der Waals surface area contributed by atoms with Crippen LogP contribution in [-0.2, 0) is 42.6 Å². The van der Waals surface area contributed by atoms with Crippen LogP contribution < -0.4 is 0 Å². The summed E-state index contributed by atoms with van der Waals surface area (Å²) in [6.07, 6.45) is 51.4. The lowest BCUT2D eigenvalue weighted by Crippen LogP contribution is -2.44. The van der Waals surface area contributed by atoms with Gasteiger partial charge in [0.25, 0.3) is 11.9 Å². The number of unbranched alkanes of at least 4 members (excludes halogenated alkanes) is 34. The maximum atomic E-state index is 7.06. The first-order chi connectivity index (χ1) is 35.9. The predicted molar refractivity (Wildman–Crippen MR) is 310 cm³/mol. The topological polar surface area (TPSA) is 83.1 Å². The van der Waals surface area contributed by atoms with Crippen LogP contribution in [0.4, 0.5) is 0 Å². The van der Waals surface area contributed by atoms with E-state index >= 15 is 0 Å². The fourth-order valence-electron chi connectivity index (χ4n) is 9.47. The van der Waals surface area contributed by atoms with E-state index in [0.717, 1.165) is 116 Å². The van der Waals surface area contributed by atoms with Crippen LogP contribution in [0.15, 0.2) is 0 Å². The summed E-state index contributed by atoms with van der Waals surface area (Å²) in [6, 6.07) is 0. The van der Waals surface area contributed by atoms with Crippen molar-refractivity contribution in [2.24, 2.45) is 0 Å². The molecule has 0 aromatic heterocycles. The number of rotatable bonds is 64. The second-order valence-corrected chi connectivity index (χ2v) is 21.7. The van der Waals surface area contributed by atoms with Crippen LogP contribution in [0.2, 0.25) is 0 Å². The summed E-state index contributed by atoms with van der Waals surface area (Å²) in [5.41, 5.74) is 0. The molecule has 0 amide bonds. The second kappa shape index (κ2) is 57.8. The Bertz CT molecular complexity index is 921. The number of ether oxygens (including phenoxy) is 9. The monoisotopic (exact) mass is 1040 g/mol. The van der Waals surface area contributed by atoms with Crippen molar-refractivity contribution in [2.45, 2.75) is 375 Å². The minimum Gasteiger partial charge on any atom is -0.329 e. The van der Waals surface area contributed by atoms with Crippen molar-refractivity contribution in [1.82, 2.24) is 0 Å². The summed E-state index contributed by atoms with van der Waals surface area (Å²) in [6.45, 7) is 20.7. The van der Waals surface area contributed by atoms with Crippen LogP contribution in [0, 0.1) is 0 Å². The highest BCUT2D eigenvalue weighted by Crippen LogP contribution is 2.31. The Hall–Kier alpha value is -0.360. The zero-order valence-corrected chi connectivity index (χ0v) is 50.6. The standard InChI is InChI=1S/C64H130O9/c1-9-17-25-33-35-37-43-51-61(72-63(53-45-31-23-15-7,68-55-47-39-27-19-11-3)69-56-48-40-28-20-12-4)66-59-65-60-67-62(52-44-38-36-34-26-18-10-2)73-64(54-46-32-24-16-8,70-57-49-41-29-21-13-5)71-58-50-42-30-22-14-6/h61-62H,9-60H2,1-8H3. The highest BCUT2D eigenvalue weighted by atomic mass is 16.9. The van der Waals surface area contributed by atoms with Gasteiger partial charge >= 0.3 is 0 Å². The molecule has 0 saturated carbocycles. The molecule has 9 heteroatoms. The van der Waals surface area contributed by atoms with Crippen LogP contribution in [0.5, 0.6) is 0 Å². The fraction of sp³-hybridized carbons (Fsp3) is 1.00. The van der Waals surface area contributed by atoms with Crippen molar-refractivity contribution < 1.29 is 42.6 Å². The van der Waals surface area contributed by atoms with E-state index in [2.05, 4.69) is 55.4 Å². The van der Waals surface area contributed by atoms with Gasteiger partial charge in [0.1, 0.15) is 0 Å². The molecule has 0 aliphatic heterocycles. The van der Waals surface area contributed by atoms with Crippen LogP contribution >= 0.6 is 0 Å². The molecule has 440 valence electrons. The van der Waals surface area contributed by atoms with Gasteiger partial charge in [0.05, 0.1) is 26.4 Å². The van der Waals surface area contributed by atoms with Gasteiger partial charge in [-0.1, -0.05) is 274 Å². The average Bonchev–Trinajstić information content (AvgIpc) is 3.39. The van der Waals surface area contributed by atoms with Gasteiger partial charge in [-0.05, 0) is 64.2 Å². The van der Waals surface area contributed by atoms with E-state index in [1.54, 1.807) is 0 Å². The van der Waals surface area contributed by atoms with Gasteiger partial charge in [-0.2, -0.15) is 0 Å². The summed E-state index contributed by atoms with van der Waals surface area (Å²) in [4.78, 5) is 0. The number of hydrogen-bond donors (Lipinski definition) is 0.